The fraction of sp³-hybridized carbons (Fsp3) is 0.692. The fourth-order valence-electron chi connectivity index (χ4n) is 1.66. The van der Waals surface area contributed by atoms with E-state index in [1.165, 1.54) is 19.3 Å². The van der Waals surface area contributed by atoms with Crippen LogP contribution in [0.25, 0.3) is 0 Å². The maximum atomic E-state index is 5.54. The van der Waals surface area contributed by atoms with E-state index in [2.05, 4.69) is 24.3 Å². The predicted octanol–water partition coefficient (Wildman–Crippen LogP) is 3.09. The van der Waals surface area contributed by atoms with E-state index >= 15 is 0 Å². The van der Waals surface area contributed by atoms with Gasteiger partial charge in [0.15, 0.2) is 0 Å². The molecule has 1 heterocycles. The number of nitrogens with one attached hydrogen (secondary N) is 1. The van der Waals surface area contributed by atoms with Gasteiger partial charge in [-0.1, -0.05) is 20.3 Å². The summed E-state index contributed by atoms with van der Waals surface area (Å²) in [4.78, 5) is 9.21. The normalized spacial score (nSPS) is 16.7. The van der Waals surface area contributed by atoms with Gasteiger partial charge in [0.05, 0.1) is 0 Å². The zero-order valence-electron chi connectivity index (χ0n) is 11.4. The van der Waals surface area contributed by atoms with Crippen molar-refractivity contribution in [1.29, 1.82) is 0 Å². The van der Waals surface area contributed by atoms with Crippen LogP contribution in [0.2, 0.25) is 0 Å². The average molecular weight is 266 g/mol. The molecule has 0 spiro atoms. The smallest absolute Gasteiger partial charge is 0.147 e. The molecular weight excluding hydrogens is 244 g/mol. The first-order chi connectivity index (χ1) is 8.65. The second-order valence-corrected chi connectivity index (χ2v) is 6.11. The number of nitrogen functional groups attached to an aromatic ring is 1. The Labute approximate surface area is 113 Å². The van der Waals surface area contributed by atoms with Gasteiger partial charge in [0.1, 0.15) is 16.7 Å². The van der Waals surface area contributed by atoms with Gasteiger partial charge in [0, 0.05) is 17.2 Å². The van der Waals surface area contributed by atoms with Crippen LogP contribution in [0.1, 0.15) is 50.4 Å². The molecule has 5 heteroatoms. The van der Waals surface area contributed by atoms with Crippen molar-refractivity contribution in [2.24, 2.45) is 11.8 Å². The lowest BCUT2D eigenvalue weighted by molar-refractivity contribution is 0.636. The molecule has 1 aliphatic rings. The summed E-state index contributed by atoms with van der Waals surface area (Å²) >= 11 is 1.82. The third-order valence-corrected chi connectivity index (χ3v) is 4.81. The summed E-state index contributed by atoms with van der Waals surface area (Å²) in [7, 11) is 0. The van der Waals surface area contributed by atoms with Gasteiger partial charge >= 0.3 is 0 Å². The van der Waals surface area contributed by atoms with E-state index in [9.17, 15) is 0 Å². The number of thioether (sulfide) groups is 1. The molecule has 100 valence electrons. The van der Waals surface area contributed by atoms with E-state index in [4.69, 9.17) is 10.8 Å². The Kier molecular flexibility index (Phi) is 4.45. The van der Waals surface area contributed by atoms with Crippen LogP contribution >= 0.6 is 11.8 Å². The Morgan fingerprint density at radius 1 is 1.44 bits per heavy atom. The minimum atomic E-state index is 0.556. The van der Waals surface area contributed by atoms with Crippen LogP contribution in [0.5, 0.6) is 0 Å². The number of hydrogen-bond donors (Lipinski definition) is 2. The molecule has 0 saturated heterocycles. The molecule has 3 N–H and O–H groups in total. The van der Waals surface area contributed by atoms with Crippen molar-refractivity contribution >= 4 is 17.6 Å². The first-order valence-corrected chi connectivity index (χ1v) is 7.62. The quantitative estimate of drug-likeness (QED) is 0.358. The topological polar surface area (TPSA) is 63.8 Å². The SMILES string of the molecule is CCC(C)CSc1nc(C2CC2)nc(NN)c1C. The second-order valence-electron chi connectivity index (χ2n) is 5.10. The monoisotopic (exact) mass is 266 g/mol. The highest BCUT2D eigenvalue weighted by Crippen LogP contribution is 2.40. The van der Waals surface area contributed by atoms with Gasteiger partial charge in [-0.3, -0.25) is 0 Å². The van der Waals surface area contributed by atoms with Gasteiger partial charge in [0.2, 0.25) is 0 Å². The molecule has 0 aromatic carbocycles. The molecule has 18 heavy (non-hydrogen) atoms. The van der Waals surface area contributed by atoms with Gasteiger partial charge in [-0.15, -0.1) is 11.8 Å². The third kappa shape index (κ3) is 3.14. The zero-order chi connectivity index (χ0) is 13.1. The lowest BCUT2D eigenvalue weighted by Gasteiger charge is -2.13. The molecule has 1 aliphatic carbocycles. The van der Waals surface area contributed by atoms with Gasteiger partial charge in [0.25, 0.3) is 0 Å². The molecule has 1 aromatic rings. The third-order valence-electron chi connectivity index (χ3n) is 3.40. The fourth-order valence-corrected chi connectivity index (χ4v) is 2.81. The van der Waals surface area contributed by atoms with Crippen molar-refractivity contribution in [2.75, 3.05) is 11.2 Å². The van der Waals surface area contributed by atoms with Crippen molar-refractivity contribution in [3.05, 3.63) is 11.4 Å². The molecule has 0 aliphatic heterocycles. The van der Waals surface area contributed by atoms with Crippen molar-refractivity contribution < 1.29 is 0 Å². The number of anilines is 1. The van der Waals surface area contributed by atoms with E-state index in [1.807, 2.05) is 18.7 Å². The molecule has 1 unspecified atom stereocenters. The van der Waals surface area contributed by atoms with Crippen LogP contribution in [0, 0.1) is 12.8 Å². The maximum Gasteiger partial charge on any atom is 0.147 e. The second kappa shape index (κ2) is 5.89. The highest BCUT2D eigenvalue weighted by Gasteiger charge is 2.28. The van der Waals surface area contributed by atoms with E-state index in [0.717, 1.165) is 28.0 Å². The van der Waals surface area contributed by atoms with Crippen LogP contribution in [0.4, 0.5) is 5.82 Å². The van der Waals surface area contributed by atoms with Gasteiger partial charge < -0.3 is 5.43 Å². The molecule has 1 aromatic heterocycles. The predicted molar refractivity (Wildman–Crippen MR) is 76.7 cm³/mol. The van der Waals surface area contributed by atoms with E-state index in [-0.39, 0.29) is 0 Å². The minimum Gasteiger partial charge on any atom is -0.308 e. The Hall–Kier alpha value is -0.810. The molecule has 0 amide bonds. The molecule has 1 saturated carbocycles. The van der Waals surface area contributed by atoms with E-state index in [1.54, 1.807) is 0 Å². The first-order valence-electron chi connectivity index (χ1n) is 6.63. The number of aromatic nitrogens is 2. The maximum absolute atomic E-state index is 5.54. The summed E-state index contributed by atoms with van der Waals surface area (Å²) in [6, 6.07) is 0. The minimum absolute atomic E-state index is 0.556. The highest BCUT2D eigenvalue weighted by molar-refractivity contribution is 7.99. The first kappa shape index (κ1) is 13.6. The standard InChI is InChI=1S/C13H22N4S/c1-4-8(2)7-18-13-9(3)11(17-14)15-12(16-13)10-5-6-10/h8,10H,4-7,14H2,1-3H3,(H,15,16,17). The molecule has 1 atom stereocenters. The summed E-state index contributed by atoms with van der Waals surface area (Å²) in [6.45, 7) is 6.53. The zero-order valence-corrected chi connectivity index (χ0v) is 12.2. The van der Waals surface area contributed by atoms with Crippen LogP contribution < -0.4 is 11.3 Å². The molecular formula is C13H22N4S. The van der Waals surface area contributed by atoms with Crippen molar-refractivity contribution in [3.8, 4) is 0 Å². The van der Waals surface area contributed by atoms with Gasteiger partial charge in [-0.05, 0) is 25.7 Å². The lowest BCUT2D eigenvalue weighted by atomic mass is 10.2. The Bertz CT molecular complexity index is 418. The summed E-state index contributed by atoms with van der Waals surface area (Å²) in [5.41, 5.74) is 3.76. The molecule has 0 radical (unpaired) electrons. The van der Waals surface area contributed by atoms with Crippen LogP contribution in [0.3, 0.4) is 0 Å². The van der Waals surface area contributed by atoms with Crippen LogP contribution in [-0.4, -0.2) is 15.7 Å². The highest BCUT2D eigenvalue weighted by atomic mass is 32.2. The van der Waals surface area contributed by atoms with E-state index < -0.39 is 0 Å². The average Bonchev–Trinajstić information content (AvgIpc) is 3.21. The number of nitrogens with zero attached hydrogens (tertiary/aromatic N) is 2. The number of hydrazine groups is 1. The Morgan fingerprint density at radius 2 is 2.17 bits per heavy atom. The summed E-state index contributed by atoms with van der Waals surface area (Å²) in [6.07, 6.45) is 3.62. The lowest BCUT2D eigenvalue weighted by Crippen LogP contribution is -2.13. The number of rotatable bonds is 6. The number of nitrogens with two attached hydrogens (primary N) is 1. The molecule has 1 fully saturated rings. The molecule has 4 nitrogen and oxygen atoms in total. The largest absolute Gasteiger partial charge is 0.308 e. The summed E-state index contributed by atoms with van der Waals surface area (Å²) < 4.78 is 0. The van der Waals surface area contributed by atoms with Gasteiger partial charge in [-0.2, -0.15) is 0 Å². The Morgan fingerprint density at radius 3 is 2.72 bits per heavy atom. The summed E-state index contributed by atoms with van der Waals surface area (Å²) in [5, 5.41) is 1.08. The Balaban J connectivity index is 2.18. The van der Waals surface area contributed by atoms with Crippen LogP contribution in [-0.2, 0) is 0 Å². The van der Waals surface area contributed by atoms with Gasteiger partial charge in [-0.25, -0.2) is 15.8 Å². The number of hydrogen-bond acceptors (Lipinski definition) is 5. The molecule has 2 rings (SSSR count). The molecule has 0 bridgehead atoms. The van der Waals surface area contributed by atoms with Crippen LogP contribution in [0.15, 0.2) is 5.03 Å². The summed E-state index contributed by atoms with van der Waals surface area (Å²) in [5.74, 6) is 9.64. The van der Waals surface area contributed by atoms with E-state index in [0.29, 0.717) is 11.8 Å². The van der Waals surface area contributed by atoms with Crippen molar-refractivity contribution in [1.82, 2.24) is 9.97 Å². The van der Waals surface area contributed by atoms with Crippen molar-refractivity contribution in [2.45, 2.75) is 51.0 Å². The van der Waals surface area contributed by atoms with Crippen molar-refractivity contribution in [3.63, 3.8) is 0 Å².